The van der Waals surface area contributed by atoms with Crippen LogP contribution in [0.1, 0.15) is 26.7 Å². The van der Waals surface area contributed by atoms with Gasteiger partial charge >= 0.3 is 0 Å². The highest BCUT2D eigenvalue weighted by Gasteiger charge is 2.78. The van der Waals surface area contributed by atoms with E-state index in [9.17, 15) is 0 Å². The van der Waals surface area contributed by atoms with E-state index in [1.54, 1.807) is 12.8 Å². The van der Waals surface area contributed by atoms with E-state index in [1.807, 2.05) is 0 Å². The molecule has 3 rings (SSSR count). The van der Waals surface area contributed by atoms with Gasteiger partial charge in [0.05, 0.1) is 0 Å². The van der Waals surface area contributed by atoms with Crippen molar-refractivity contribution in [3.05, 3.63) is 12.2 Å². The fraction of sp³-hybridized carbons (Fsp3) is 0.818. The van der Waals surface area contributed by atoms with E-state index in [0.29, 0.717) is 0 Å². The Kier molecular flexibility index (Phi) is 0.898. The van der Waals surface area contributed by atoms with Gasteiger partial charge in [-0.15, -0.1) is 0 Å². The quantitative estimate of drug-likeness (QED) is 0.502. The molecule has 0 N–H and O–H groups in total. The summed E-state index contributed by atoms with van der Waals surface area (Å²) in [6, 6.07) is 0. The summed E-state index contributed by atoms with van der Waals surface area (Å²) >= 11 is 0. The summed E-state index contributed by atoms with van der Waals surface area (Å²) in [6.45, 7) is 4.60. The van der Waals surface area contributed by atoms with Crippen molar-refractivity contribution in [2.45, 2.75) is 26.7 Å². The summed E-state index contributed by atoms with van der Waals surface area (Å²) < 4.78 is 0. The molecule has 3 aliphatic rings. The molecular weight excluding hydrogens is 132 g/mol. The van der Waals surface area contributed by atoms with Gasteiger partial charge in [-0.25, -0.2) is 0 Å². The van der Waals surface area contributed by atoms with Crippen LogP contribution in [-0.2, 0) is 0 Å². The normalized spacial score (nSPS) is 64.5. The van der Waals surface area contributed by atoms with E-state index >= 15 is 0 Å². The highest BCUT2D eigenvalue weighted by molar-refractivity contribution is 5.30. The standard InChI is InChI=1S/C11H16/c1-3-4-9-7(2)10-5-8-6-11(8,9)10/h3-4,7-10H,5-6H2,1-2H3. The smallest absolute Gasteiger partial charge is 0.0143 e. The minimum atomic E-state index is 0.881. The van der Waals surface area contributed by atoms with Crippen LogP contribution in [0.25, 0.3) is 0 Å². The maximum Gasteiger partial charge on any atom is -0.0143 e. The molecule has 5 unspecified atom stereocenters. The topological polar surface area (TPSA) is 0 Å². The molecule has 0 amide bonds. The molecule has 0 saturated heterocycles. The molecule has 0 aromatic rings. The lowest BCUT2D eigenvalue weighted by molar-refractivity contribution is -0.0854. The van der Waals surface area contributed by atoms with Crippen LogP contribution in [0.2, 0.25) is 0 Å². The average molecular weight is 148 g/mol. The van der Waals surface area contributed by atoms with Crippen molar-refractivity contribution in [1.82, 2.24) is 0 Å². The first-order valence-electron chi connectivity index (χ1n) is 4.93. The van der Waals surface area contributed by atoms with Gasteiger partial charge in [0.2, 0.25) is 0 Å². The van der Waals surface area contributed by atoms with Gasteiger partial charge in [0.1, 0.15) is 0 Å². The van der Waals surface area contributed by atoms with Crippen LogP contribution >= 0.6 is 0 Å². The first-order valence-corrected chi connectivity index (χ1v) is 4.93. The molecular formula is C11H16. The number of hydrogen-bond acceptors (Lipinski definition) is 0. The third kappa shape index (κ3) is 0.457. The van der Waals surface area contributed by atoms with Crippen LogP contribution in [0, 0.1) is 29.1 Å². The van der Waals surface area contributed by atoms with Crippen molar-refractivity contribution in [2.75, 3.05) is 0 Å². The van der Waals surface area contributed by atoms with Crippen molar-refractivity contribution >= 4 is 0 Å². The van der Waals surface area contributed by atoms with Crippen LogP contribution in [-0.4, -0.2) is 0 Å². The highest BCUT2D eigenvalue weighted by atomic mass is 14.8. The maximum atomic E-state index is 2.46. The van der Waals surface area contributed by atoms with Crippen LogP contribution in [0.3, 0.4) is 0 Å². The summed E-state index contributed by atoms with van der Waals surface area (Å²) in [7, 11) is 0. The molecule has 0 aliphatic heterocycles. The van der Waals surface area contributed by atoms with Crippen molar-refractivity contribution < 1.29 is 0 Å². The predicted octanol–water partition coefficient (Wildman–Crippen LogP) is 2.85. The molecule has 0 aromatic heterocycles. The highest BCUT2D eigenvalue weighted by Crippen LogP contribution is 2.85. The van der Waals surface area contributed by atoms with Gasteiger partial charge in [-0.05, 0) is 48.9 Å². The zero-order chi connectivity index (χ0) is 7.64. The minimum absolute atomic E-state index is 0.881. The molecule has 60 valence electrons. The second-order valence-electron chi connectivity index (χ2n) is 4.77. The Bertz CT molecular complexity index is 228. The van der Waals surface area contributed by atoms with Gasteiger partial charge in [-0.3, -0.25) is 0 Å². The molecule has 11 heavy (non-hydrogen) atoms. The van der Waals surface area contributed by atoms with Gasteiger partial charge in [0.15, 0.2) is 0 Å². The molecule has 0 heteroatoms. The van der Waals surface area contributed by atoms with E-state index in [0.717, 1.165) is 29.1 Å². The molecule has 5 atom stereocenters. The number of allylic oxidation sites excluding steroid dienone is 2. The number of rotatable bonds is 1. The second kappa shape index (κ2) is 1.57. The first-order chi connectivity index (χ1) is 5.30. The molecule has 1 spiro atoms. The molecule has 0 radical (unpaired) electrons. The van der Waals surface area contributed by atoms with Gasteiger partial charge in [0, 0.05) is 0 Å². The largest absolute Gasteiger partial charge is 0.0914 e. The zero-order valence-electron chi connectivity index (χ0n) is 7.38. The van der Waals surface area contributed by atoms with Gasteiger partial charge < -0.3 is 0 Å². The number of hydrogen-bond donors (Lipinski definition) is 0. The maximum absolute atomic E-state index is 2.46. The van der Waals surface area contributed by atoms with Gasteiger partial charge in [-0.1, -0.05) is 19.1 Å². The SMILES string of the molecule is CC=CC1C(C)C2CC3CC312. The fourth-order valence-corrected chi connectivity index (χ4v) is 4.03. The molecule has 0 heterocycles. The Morgan fingerprint density at radius 3 is 2.82 bits per heavy atom. The summed E-state index contributed by atoms with van der Waals surface area (Å²) in [6.07, 6.45) is 7.84. The minimum Gasteiger partial charge on any atom is -0.0914 e. The Labute approximate surface area is 68.7 Å². The van der Waals surface area contributed by atoms with Crippen molar-refractivity contribution in [1.29, 1.82) is 0 Å². The monoisotopic (exact) mass is 148 g/mol. The Morgan fingerprint density at radius 1 is 1.45 bits per heavy atom. The third-order valence-electron chi connectivity index (χ3n) is 4.65. The first kappa shape index (κ1) is 6.28. The molecule has 3 saturated carbocycles. The summed E-state index contributed by atoms with van der Waals surface area (Å²) in [5, 5.41) is 0. The lowest BCUT2D eigenvalue weighted by Gasteiger charge is -2.58. The van der Waals surface area contributed by atoms with E-state index in [4.69, 9.17) is 0 Å². The summed E-state index contributed by atoms with van der Waals surface area (Å²) in [5.41, 5.74) is 0.881. The average Bonchev–Trinajstić information content (AvgIpc) is 2.60. The Balaban J connectivity index is 1.86. The van der Waals surface area contributed by atoms with Gasteiger partial charge in [0.25, 0.3) is 0 Å². The van der Waals surface area contributed by atoms with Gasteiger partial charge in [-0.2, -0.15) is 0 Å². The summed E-state index contributed by atoms with van der Waals surface area (Å²) in [4.78, 5) is 0. The second-order valence-corrected chi connectivity index (χ2v) is 4.77. The zero-order valence-corrected chi connectivity index (χ0v) is 7.38. The predicted molar refractivity (Wildman–Crippen MR) is 46.1 cm³/mol. The molecule has 3 fully saturated rings. The molecule has 3 aliphatic carbocycles. The lowest BCUT2D eigenvalue weighted by atomic mass is 9.46. The van der Waals surface area contributed by atoms with Crippen molar-refractivity contribution in [3.8, 4) is 0 Å². The van der Waals surface area contributed by atoms with Crippen LogP contribution < -0.4 is 0 Å². The molecule has 0 nitrogen and oxygen atoms in total. The Hall–Kier alpha value is -0.260. The lowest BCUT2D eigenvalue weighted by Crippen LogP contribution is -2.53. The Morgan fingerprint density at radius 2 is 2.27 bits per heavy atom. The third-order valence-corrected chi connectivity index (χ3v) is 4.65. The van der Waals surface area contributed by atoms with Crippen LogP contribution in [0.5, 0.6) is 0 Å². The van der Waals surface area contributed by atoms with Crippen LogP contribution in [0.4, 0.5) is 0 Å². The van der Waals surface area contributed by atoms with Crippen LogP contribution in [0.15, 0.2) is 12.2 Å². The summed E-state index contributed by atoms with van der Waals surface area (Å²) in [5.74, 6) is 4.26. The molecule has 0 bridgehead atoms. The molecule has 0 aromatic carbocycles. The van der Waals surface area contributed by atoms with E-state index < -0.39 is 0 Å². The van der Waals surface area contributed by atoms with Crippen molar-refractivity contribution in [3.63, 3.8) is 0 Å². The van der Waals surface area contributed by atoms with E-state index in [-0.39, 0.29) is 0 Å². The van der Waals surface area contributed by atoms with E-state index in [2.05, 4.69) is 26.0 Å². The van der Waals surface area contributed by atoms with E-state index in [1.165, 1.54) is 0 Å². The van der Waals surface area contributed by atoms with Crippen molar-refractivity contribution in [2.24, 2.45) is 29.1 Å². The fourth-order valence-electron chi connectivity index (χ4n) is 4.03.